The van der Waals surface area contributed by atoms with E-state index in [4.69, 9.17) is 9.84 Å². The van der Waals surface area contributed by atoms with Crippen molar-refractivity contribution < 1.29 is 19.4 Å². The Kier molecular flexibility index (Phi) is 6.20. The largest absolute Gasteiger partial charge is 0.493 e. The third-order valence-corrected chi connectivity index (χ3v) is 3.31. The Bertz CT molecular complexity index is 511. The number of aliphatic carboxylic acids is 1. The molecule has 0 fully saturated rings. The van der Waals surface area contributed by atoms with Crippen LogP contribution in [0.1, 0.15) is 27.2 Å². The van der Waals surface area contributed by atoms with Crippen LogP contribution in [-0.2, 0) is 9.59 Å². The molecule has 0 bridgehead atoms. The summed E-state index contributed by atoms with van der Waals surface area (Å²) in [4.78, 5) is 23.0. The quantitative estimate of drug-likeness (QED) is 0.820. The van der Waals surface area contributed by atoms with Crippen LogP contribution in [0.5, 0.6) is 5.75 Å². The second-order valence-corrected chi connectivity index (χ2v) is 6.68. The molecule has 0 spiro atoms. The number of halogens is 1. The van der Waals surface area contributed by atoms with Gasteiger partial charge >= 0.3 is 5.97 Å². The number of ether oxygens (including phenoxy) is 1. The lowest BCUT2D eigenvalue weighted by molar-refractivity contribution is -0.145. The maximum absolute atomic E-state index is 11.8. The zero-order valence-electron chi connectivity index (χ0n) is 12.4. The Balaban J connectivity index is 2.45. The van der Waals surface area contributed by atoms with Gasteiger partial charge in [0.15, 0.2) is 0 Å². The van der Waals surface area contributed by atoms with Crippen LogP contribution >= 0.6 is 15.9 Å². The van der Waals surface area contributed by atoms with Crippen LogP contribution in [-0.4, -0.2) is 29.6 Å². The van der Waals surface area contributed by atoms with Crippen molar-refractivity contribution in [1.29, 1.82) is 0 Å². The predicted molar refractivity (Wildman–Crippen MR) is 83.3 cm³/mol. The van der Waals surface area contributed by atoms with E-state index in [1.165, 1.54) is 0 Å². The molecule has 0 radical (unpaired) electrons. The van der Waals surface area contributed by atoms with Gasteiger partial charge in [-0.15, -0.1) is 0 Å². The van der Waals surface area contributed by atoms with E-state index in [1.54, 1.807) is 32.9 Å². The average molecular weight is 358 g/mol. The van der Waals surface area contributed by atoms with E-state index in [1.807, 2.05) is 12.1 Å². The van der Waals surface area contributed by atoms with Crippen LogP contribution in [0.2, 0.25) is 0 Å². The van der Waals surface area contributed by atoms with Crippen molar-refractivity contribution >= 4 is 27.8 Å². The summed E-state index contributed by atoms with van der Waals surface area (Å²) >= 11 is 3.33. The van der Waals surface area contributed by atoms with Gasteiger partial charge in [0, 0.05) is 4.47 Å². The minimum absolute atomic E-state index is 0.104. The second-order valence-electron chi connectivity index (χ2n) is 5.76. The first-order valence-corrected chi connectivity index (χ1v) is 7.40. The van der Waals surface area contributed by atoms with Crippen LogP contribution in [0.3, 0.4) is 0 Å². The second kappa shape index (κ2) is 7.45. The molecule has 2 N–H and O–H groups in total. The maximum Gasteiger partial charge on any atom is 0.326 e. The summed E-state index contributed by atoms with van der Waals surface area (Å²) in [5.41, 5.74) is -0.549. The molecule has 1 amide bonds. The van der Waals surface area contributed by atoms with E-state index in [0.29, 0.717) is 5.75 Å². The van der Waals surface area contributed by atoms with Gasteiger partial charge < -0.3 is 15.2 Å². The third-order valence-electron chi connectivity index (χ3n) is 2.81. The van der Waals surface area contributed by atoms with Crippen molar-refractivity contribution in [3.05, 3.63) is 28.7 Å². The first kappa shape index (κ1) is 17.5. The predicted octanol–water partition coefficient (Wildman–Crippen LogP) is 2.83. The van der Waals surface area contributed by atoms with Gasteiger partial charge in [0.25, 0.3) is 0 Å². The number of carboxylic acids is 1. The highest BCUT2D eigenvalue weighted by Gasteiger charge is 2.32. The topological polar surface area (TPSA) is 75.6 Å². The average Bonchev–Trinajstić information content (AvgIpc) is 2.34. The molecule has 1 atom stereocenters. The number of benzene rings is 1. The summed E-state index contributed by atoms with van der Waals surface area (Å²) in [6.45, 7) is 5.50. The fourth-order valence-corrected chi connectivity index (χ4v) is 2.08. The number of hydrogen-bond donors (Lipinski definition) is 2. The molecule has 21 heavy (non-hydrogen) atoms. The highest BCUT2D eigenvalue weighted by molar-refractivity contribution is 9.10. The van der Waals surface area contributed by atoms with Crippen molar-refractivity contribution in [3.8, 4) is 5.75 Å². The molecule has 0 aromatic heterocycles. The Morgan fingerprint density at radius 2 is 2.05 bits per heavy atom. The number of nitrogens with one attached hydrogen (secondary N) is 1. The van der Waals surface area contributed by atoms with Gasteiger partial charge in [-0.05, 0) is 23.6 Å². The van der Waals surface area contributed by atoms with E-state index in [9.17, 15) is 9.59 Å². The number of carbonyl (C=O) groups excluding carboxylic acids is 1. The maximum atomic E-state index is 11.8. The number of rotatable bonds is 6. The van der Waals surface area contributed by atoms with E-state index in [0.717, 1.165) is 4.47 Å². The SMILES string of the molecule is CC(C)(C)[C@H](NC(=O)CCOc1cccc(Br)c1)C(=O)O. The number of hydrogen-bond acceptors (Lipinski definition) is 3. The highest BCUT2D eigenvalue weighted by Crippen LogP contribution is 2.20. The van der Waals surface area contributed by atoms with Crippen molar-refractivity contribution in [2.24, 2.45) is 5.41 Å². The molecule has 1 aromatic carbocycles. The molecule has 0 saturated heterocycles. The van der Waals surface area contributed by atoms with E-state index in [-0.39, 0.29) is 18.9 Å². The van der Waals surface area contributed by atoms with Crippen LogP contribution in [0.15, 0.2) is 28.7 Å². The van der Waals surface area contributed by atoms with Crippen molar-refractivity contribution in [2.45, 2.75) is 33.2 Å². The Labute approximate surface area is 132 Å². The number of amides is 1. The van der Waals surface area contributed by atoms with Crippen LogP contribution in [0, 0.1) is 5.41 Å². The molecule has 0 aliphatic heterocycles. The molecule has 1 aromatic rings. The molecule has 5 nitrogen and oxygen atoms in total. The lowest BCUT2D eigenvalue weighted by Crippen LogP contribution is -2.49. The molecule has 0 unspecified atom stereocenters. The zero-order chi connectivity index (χ0) is 16.0. The van der Waals surface area contributed by atoms with Gasteiger partial charge in [-0.3, -0.25) is 4.79 Å². The summed E-state index contributed by atoms with van der Waals surface area (Å²) in [5.74, 6) is -0.723. The van der Waals surface area contributed by atoms with Crippen LogP contribution in [0.25, 0.3) is 0 Å². The molecule has 0 heterocycles. The van der Waals surface area contributed by atoms with Gasteiger partial charge in [0.2, 0.25) is 5.91 Å². The summed E-state index contributed by atoms with van der Waals surface area (Å²) < 4.78 is 6.34. The molecule has 1 rings (SSSR count). The lowest BCUT2D eigenvalue weighted by atomic mass is 9.86. The summed E-state index contributed by atoms with van der Waals surface area (Å²) in [6.07, 6.45) is 0.104. The number of carbonyl (C=O) groups is 2. The fourth-order valence-electron chi connectivity index (χ4n) is 1.70. The highest BCUT2D eigenvalue weighted by atomic mass is 79.9. The molecular weight excluding hydrogens is 338 g/mol. The Morgan fingerprint density at radius 3 is 2.57 bits per heavy atom. The Hall–Kier alpha value is -1.56. The van der Waals surface area contributed by atoms with E-state index in [2.05, 4.69) is 21.2 Å². The molecule has 0 saturated carbocycles. The van der Waals surface area contributed by atoms with E-state index >= 15 is 0 Å². The monoisotopic (exact) mass is 357 g/mol. The molecule has 6 heteroatoms. The normalized spacial score (nSPS) is 12.6. The Morgan fingerprint density at radius 1 is 1.38 bits per heavy atom. The van der Waals surface area contributed by atoms with Crippen molar-refractivity contribution in [3.63, 3.8) is 0 Å². The smallest absolute Gasteiger partial charge is 0.326 e. The van der Waals surface area contributed by atoms with Crippen LogP contribution in [0.4, 0.5) is 0 Å². The third kappa shape index (κ3) is 6.16. The minimum atomic E-state index is -1.04. The molecule has 116 valence electrons. The van der Waals surface area contributed by atoms with Gasteiger partial charge in [0.1, 0.15) is 11.8 Å². The van der Waals surface area contributed by atoms with Gasteiger partial charge in [-0.25, -0.2) is 4.79 Å². The minimum Gasteiger partial charge on any atom is -0.493 e. The van der Waals surface area contributed by atoms with Crippen molar-refractivity contribution in [2.75, 3.05) is 6.61 Å². The van der Waals surface area contributed by atoms with E-state index < -0.39 is 17.4 Å². The van der Waals surface area contributed by atoms with Crippen LogP contribution < -0.4 is 10.1 Å². The molecule has 0 aliphatic carbocycles. The first-order valence-electron chi connectivity index (χ1n) is 6.60. The van der Waals surface area contributed by atoms with Gasteiger partial charge in [-0.1, -0.05) is 42.8 Å². The fraction of sp³-hybridized carbons (Fsp3) is 0.467. The van der Waals surface area contributed by atoms with Crippen molar-refractivity contribution in [1.82, 2.24) is 5.32 Å². The standard InChI is InChI=1S/C15H20BrNO4/c1-15(2,3)13(14(19)20)17-12(18)7-8-21-11-6-4-5-10(16)9-11/h4-6,9,13H,7-8H2,1-3H3,(H,17,18)(H,19,20)/t13-/m1/s1. The molecule has 0 aliphatic rings. The molecular formula is C15H20BrNO4. The van der Waals surface area contributed by atoms with Gasteiger partial charge in [0.05, 0.1) is 13.0 Å². The summed E-state index contributed by atoms with van der Waals surface area (Å²) in [7, 11) is 0. The zero-order valence-corrected chi connectivity index (χ0v) is 13.9. The first-order chi connectivity index (χ1) is 9.70. The summed E-state index contributed by atoms with van der Waals surface area (Å²) in [6, 6.07) is 6.38. The summed E-state index contributed by atoms with van der Waals surface area (Å²) in [5, 5.41) is 11.7. The van der Waals surface area contributed by atoms with Gasteiger partial charge in [-0.2, -0.15) is 0 Å². The lowest BCUT2D eigenvalue weighted by Gasteiger charge is -2.27. The number of carboxylic acid groups (broad SMARTS) is 1.